The Labute approximate surface area is 187 Å². The summed E-state index contributed by atoms with van der Waals surface area (Å²) in [6.07, 6.45) is 1.76. The average Bonchev–Trinajstić information content (AvgIpc) is 3.23. The second-order valence-electron chi connectivity index (χ2n) is 5.90. The number of guanidine groups is 1. The zero-order chi connectivity index (χ0) is 18.7. The maximum absolute atomic E-state index is 5.79. The molecule has 0 atom stereocenters. The molecule has 148 valence electrons. The number of nitrogens with one attached hydrogen (secondary N) is 2. The first-order valence-electron chi connectivity index (χ1n) is 8.99. The number of rotatable bonds is 8. The number of nitrogens with zero attached hydrogens (tertiary/aromatic N) is 2. The molecule has 0 fully saturated rings. The maximum atomic E-state index is 5.79. The van der Waals surface area contributed by atoms with Crippen LogP contribution in [-0.2, 0) is 19.7 Å². The molecule has 1 aromatic carbocycles. The van der Waals surface area contributed by atoms with Crippen molar-refractivity contribution in [2.75, 3.05) is 6.54 Å². The van der Waals surface area contributed by atoms with Crippen molar-refractivity contribution in [3.63, 3.8) is 0 Å². The predicted octanol–water partition coefficient (Wildman–Crippen LogP) is 4.60. The largest absolute Gasteiger partial charge is 0.473 e. The highest BCUT2D eigenvalue weighted by Gasteiger charge is 2.02. The van der Waals surface area contributed by atoms with E-state index in [1.807, 2.05) is 42.5 Å². The van der Waals surface area contributed by atoms with Crippen LogP contribution in [0.4, 0.5) is 0 Å². The number of halogens is 1. The Hall–Kier alpha value is -2.13. The smallest absolute Gasteiger partial charge is 0.213 e. The molecule has 2 aromatic heterocycles. The lowest BCUT2D eigenvalue weighted by Crippen LogP contribution is -2.36. The first-order valence-corrected chi connectivity index (χ1v) is 9.87. The molecule has 0 saturated carbocycles. The van der Waals surface area contributed by atoms with Crippen LogP contribution in [0.3, 0.4) is 0 Å². The summed E-state index contributed by atoms with van der Waals surface area (Å²) < 4.78 is 5.79. The Morgan fingerprint density at radius 3 is 2.68 bits per heavy atom. The van der Waals surface area contributed by atoms with E-state index in [0.29, 0.717) is 19.0 Å². The van der Waals surface area contributed by atoms with Crippen molar-refractivity contribution in [3.05, 3.63) is 82.2 Å². The molecule has 0 amide bonds. The van der Waals surface area contributed by atoms with Crippen LogP contribution in [0.15, 0.2) is 71.2 Å². The first kappa shape index (κ1) is 22.2. The molecule has 7 heteroatoms. The van der Waals surface area contributed by atoms with Gasteiger partial charge in [0, 0.05) is 23.7 Å². The molecule has 0 aliphatic rings. The van der Waals surface area contributed by atoms with Gasteiger partial charge in [0.05, 0.1) is 13.1 Å². The monoisotopic (exact) mass is 508 g/mol. The fourth-order valence-corrected chi connectivity index (χ4v) is 3.10. The highest BCUT2D eigenvalue weighted by molar-refractivity contribution is 14.0. The van der Waals surface area contributed by atoms with E-state index < -0.39 is 0 Å². The minimum atomic E-state index is 0. The second kappa shape index (κ2) is 12.4. The van der Waals surface area contributed by atoms with Gasteiger partial charge in [-0.05, 0) is 35.6 Å². The lowest BCUT2D eigenvalue weighted by molar-refractivity contribution is 0.293. The quantitative estimate of drug-likeness (QED) is 0.266. The van der Waals surface area contributed by atoms with Gasteiger partial charge in [0.25, 0.3) is 0 Å². The highest BCUT2D eigenvalue weighted by atomic mass is 127. The van der Waals surface area contributed by atoms with E-state index >= 15 is 0 Å². The van der Waals surface area contributed by atoms with Crippen LogP contribution >= 0.6 is 35.3 Å². The predicted molar refractivity (Wildman–Crippen MR) is 126 cm³/mol. The Kier molecular flexibility index (Phi) is 9.78. The lowest BCUT2D eigenvalue weighted by atomic mass is 10.2. The van der Waals surface area contributed by atoms with Crippen LogP contribution in [0.5, 0.6) is 5.88 Å². The minimum Gasteiger partial charge on any atom is -0.473 e. The van der Waals surface area contributed by atoms with Gasteiger partial charge in [0.15, 0.2) is 5.96 Å². The Balaban J connectivity index is 0.00000280. The lowest BCUT2D eigenvalue weighted by Gasteiger charge is -2.11. The average molecular weight is 508 g/mol. The van der Waals surface area contributed by atoms with Crippen molar-refractivity contribution < 1.29 is 4.74 Å². The van der Waals surface area contributed by atoms with Crippen molar-refractivity contribution in [3.8, 4) is 5.88 Å². The Morgan fingerprint density at radius 2 is 1.93 bits per heavy atom. The summed E-state index contributed by atoms with van der Waals surface area (Å²) in [7, 11) is 0. The summed E-state index contributed by atoms with van der Waals surface area (Å²) in [6, 6.07) is 18.1. The van der Waals surface area contributed by atoms with E-state index in [1.54, 1.807) is 17.5 Å². The molecule has 5 nitrogen and oxygen atoms in total. The number of ether oxygens (including phenoxy) is 1. The molecule has 0 radical (unpaired) electrons. The molecule has 0 aliphatic heterocycles. The molecular weight excluding hydrogens is 483 g/mol. The molecule has 0 aliphatic carbocycles. The van der Waals surface area contributed by atoms with E-state index in [2.05, 4.69) is 45.0 Å². The van der Waals surface area contributed by atoms with Gasteiger partial charge in [-0.1, -0.05) is 36.4 Å². The topological polar surface area (TPSA) is 58.5 Å². The third kappa shape index (κ3) is 7.47. The number of hydrogen-bond donors (Lipinski definition) is 2. The van der Waals surface area contributed by atoms with Gasteiger partial charge in [-0.3, -0.25) is 0 Å². The number of benzene rings is 1. The molecule has 28 heavy (non-hydrogen) atoms. The molecule has 0 spiro atoms. The minimum absolute atomic E-state index is 0. The maximum Gasteiger partial charge on any atom is 0.213 e. The Morgan fingerprint density at radius 1 is 1.07 bits per heavy atom. The molecule has 0 bridgehead atoms. The fraction of sp³-hybridized carbons (Fsp3) is 0.238. The number of hydrogen-bond acceptors (Lipinski definition) is 4. The molecule has 3 rings (SSSR count). The number of pyridine rings is 1. The van der Waals surface area contributed by atoms with Gasteiger partial charge in [0.2, 0.25) is 5.88 Å². The first-order chi connectivity index (χ1) is 13.3. The zero-order valence-electron chi connectivity index (χ0n) is 15.8. The normalized spacial score (nSPS) is 10.8. The summed E-state index contributed by atoms with van der Waals surface area (Å²) >= 11 is 1.73. The Bertz CT molecular complexity index is 841. The van der Waals surface area contributed by atoms with Crippen molar-refractivity contribution in [1.82, 2.24) is 15.6 Å². The van der Waals surface area contributed by atoms with Crippen LogP contribution in [0, 0.1) is 0 Å². The van der Waals surface area contributed by atoms with Crippen molar-refractivity contribution in [1.29, 1.82) is 0 Å². The van der Waals surface area contributed by atoms with Gasteiger partial charge in [-0.25, -0.2) is 9.98 Å². The van der Waals surface area contributed by atoms with Gasteiger partial charge in [-0.2, -0.15) is 0 Å². The third-order valence-electron chi connectivity index (χ3n) is 3.80. The molecule has 0 saturated heterocycles. The van der Waals surface area contributed by atoms with Crippen molar-refractivity contribution in [2.45, 2.75) is 26.6 Å². The van der Waals surface area contributed by atoms with Crippen molar-refractivity contribution >= 4 is 41.3 Å². The van der Waals surface area contributed by atoms with Gasteiger partial charge in [-0.15, -0.1) is 35.3 Å². The van der Waals surface area contributed by atoms with Crippen LogP contribution in [-0.4, -0.2) is 17.5 Å². The van der Waals surface area contributed by atoms with E-state index in [0.717, 1.165) is 30.2 Å². The van der Waals surface area contributed by atoms with Gasteiger partial charge < -0.3 is 15.4 Å². The third-order valence-corrected chi connectivity index (χ3v) is 4.68. The number of thiophene rings is 1. The molecular formula is C21H25IN4OS. The second-order valence-corrected chi connectivity index (χ2v) is 6.94. The summed E-state index contributed by atoms with van der Waals surface area (Å²) in [5.74, 6) is 1.41. The highest BCUT2D eigenvalue weighted by Crippen LogP contribution is 2.13. The van der Waals surface area contributed by atoms with E-state index in [1.165, 1.54) is 4.88 Å². The van der Waals surface area contributed by atoms with Gasteiger partial charge >= 0.3 is 0 Å². The zero-order valence-corrected chi connectivity index (χ0v) is 18.9. The van der Waals surface area contributed by atoms with Gasteiger partial charge in [0.1, 0.15) is 6.61 Å². The SMILES string of the molecule is CCNC(=NCc1ccnc(OCc2ccccc2)c1)NCc1cccs1.I. The van der Waals surface area contributed by atoms with Crippen LogP contribution in [0.1, 0.15) is 22.9 Å². The molecule has 2 N–H and O–H groups in total. The van der Waals surface area contributed by atoms with Crippen LogP contribution in [0.25, 0.3) is 0 Å². The summed E-state index contributed by atoms with van der Waals surface area (Å²) in [4.78, 5) is 10.2. The summed E-state index contributed by atoms with van der Waals surface area (Å²) in [5, 5.41) is 8.71. The number of aliphatic imine (C=N–C) groups is 1. The molecule has 2 heterocycles. The number of aromatic nitrogens is 1. The standard InChI is InChI=1S/C21H24N4OS.HI/c1-2-22-21(25-15-19-9-6-12-27-19)24-14-18-10-11-23-20(13-18)26-16-17-7-4-3-5-8-17;/h3-13H,2,14-16H2,1H3,(H2,22,24,25);1H. The van der Waals surface area contributed by atoms with E-state index in [4.69, 9.17) is 4.74 Å². The fourth-order valence-electron chi connectivity index (χ4n) is 2.46. The van der Waals surface area contributed by atoms with Crippen molar-refractivity contribution in [2.24, 2.45) is 4.99 Å². The summed E-state index contributed by atoms with van der Waals surface area (Å²) in [6.45, 7) is 4.71. The molecule has 0 unspecified atom stereocenters. The van der Waals surface area contributed by atoms with Crippen LogP contribution < -0.4 is 15.4 Å². The molecule has 3 aromatic rings. The van der Waals surface area contributed by atoms with E-state index in [9.17, 15) is 0 Å². The van der Waals surface area contributed by atoms with E-state index in [-0.39, 0.29) is 24.0 Å². The summed E-state index contributed by atoms with van der Waals surface area (Å²) in [5.41, 5.74) is 2.18. The van der Waals surface area contributed by atoms with Crippen LogP contribution in [0.2, 0.25) is 0 Å².